The lowest BCUT2D eigenvalue weighted by molar-refractivity contribution is -0.156. The Morgan fingerprint density at radius 3 is 2.63 bits per heavy atom. The van der Waals surface area contributed by atoms with E-state index in [1.807, 2.05) is 19.2 Å². The molecule has 5 aliphatic rings. The number of hydrogen-bond donors (Lipinski definition) is 2. The number of amides is 2. The van der Waals surface area contributed by atoms with Crippen LogP contribution in [0.1, 0.15) is 96.2 Å². The van der Waals surface area contributed by atoms with Gasteiger partial charge in [0.2, 0.25) is 5.91 Å². The summed E-state index contributed by atoms with van der Waals surface area (Å²) < 4.78 is 21.1. The Bertz CT molecular complexity index is 2110. The molecule has 1 saturated carbocycles. The zero-order chi connectivity index (χ0) is 42.3. The number of aryl methyl sites for hydroxylation is 1. The summed E-state index contributed by atoms with van der Waals surface area (Å²) in [4.78, 5) is 55.3. The van der Waals surface area contributed by atoms with Gasteiger partial charge in [0.1, 0.15) is 23.2 Å². The third-order valence-corrected chi connectivity index (χ3v) is 14.6. The minimum Gasteiger partial charge on any atom is -0.464 e. The van der Waals surface area contributed by atoms with Crippen molar-refractivity contribution in [3.63, 3.8) is 0 Å². The van der Waals surface area contributed by atoms with Gasteiger partial charge in [0.25, 0.3) is 5.91 Å². The number of hydrogen-bond acceptors (Lipinski definition) is 11. The number of likely N-dealkylation sites (tertiary alicyclic amines) is 1. The van der Waals surface area contributed by atoms with Crippen LogP contribution >= 0.6 is 11.8 Å². The summed E-state index contributed by atoms with van der Waals surface area (Å²) in [5, 5.41) is 6.51. The summed E-state index contributed by atoms with van der Waals surface area (Å²) in [7, 11) is 1.71. The normalized spacial score (nSPS) is 28.9. The predicted octanol–water partition coefficient (Wildman–Crippen LogP) is 6.11. The van der Waals surface area contributed by atoms with E-state index < -0.39 is 29.6 Å². The fraction of sp³-hybridized carbons (Fsp3) is 0.630. The minimum absolute atomic E-state index is 0.148. The van der Waals surface area contributed by atoms with Gasteiger partial charge < -0.3 is 29.0 Å². The Balaban J connectivity index is 1.25. The molecule has 2 saturated heterocycles. The molecule has 3 aromatic rings. The van der Waals surface area contributed by atoms with E-state index in [4.69, 9.17) is 24.2 Å². The van der Waals surface area contributed by atoms with Crippen LogP contribution in [0, 0.1) is 23.2 Å². The monoisotopic (exact) mass is 841 g/mol. The number of hydrazine groups is 1. The number of rotatable bonds is 10. The topological polar surface area (TPSA) is 140 Å². The predicted molar refractivity (Wildman–Crippen MR) is 234 cm³/mol. The lowest BCUT2D eigenvalue weighted by Crippen LogP contribution is -2.63. The van der Waals surface area contributed by atoms with Gasteiger partial charge in [0, 0.05) is 66.5 Å². The highest BCUT2D eigenvalue weighted by Crippen LogP contribution is 2.46. The quantitative estimate of drug-likeness (QED) is 0.230. The molecule has 0 radical (unpaired) electrons. The number of pyridine rings is 1. The maximum absolute atomic E-state index is 14.8. The van der Waals surface area contributed by atoms with Gasteiger partial charge in [-0.3, -0.25) is 29.4 Å². The van der Waals surface area contributed by atoms with Crippen molar-refractivity contribution in [2.45, 2.75) is 111 Å². The van der Waals surface area contributed by atoms with Gasteiger partial charge in [-0.2, -0.15) is 0 Å². The zero-order valence-electron chi connectivity index (χ0n) is 36.4. The van der Waals surface area contributed by atoms with Crippen molar-refractivity contribution in [1.29, 1.82) is 0 Å². The molecule has 2 aromatic heterocycles. The number of fused-ring (bicyclic) bond motifs is 5. The Morgan fingerprint density at radius 2 is 1.90 bits per heavy atom. The van der Waals surface area contributed by atoms with E-state index in [-0.39, 0.29) is 48.3 Å². The highest BCUT2D eigenvalue weighted by atomic mass is 32.2. The number of methoxy groups -OCH3 is 1. The van der Waals surface area contributed by atoms with E-state index in [0.717, 1.165) is 78.0 Å². The van der Waals surface area contributed by atoms with Gasteiger partial charge in [-0.15, -0.1) is 11.8 Å². The summed E-state index contributed by atoms with van der Waals surface area (Å²) in [5.74, 6) is 0.0624. The molecule has 60 heavy (non-hydrogen) atoms. The van der Waals surface area contributed by atoms with Gasteiger partial charge in [-0.25, -0.2) is 5.43 Å². The molecule has 3 fully saturated rings. The molecule has 0 spiro atoms. The molecule has 1 aromatic carbocycles. The van der Waals surface area contributed by atoms with E-state index in [2.05, 4.69) is 79.1 Å². The summed E-state index contributed by atoms with van der Waals surface area (Å²) in [5.41, 5.74) is 9.06. The SMILES string of the molecule is CCn1c(-c2cccnc2[C@H](C)OC)c2c3cc(ccc31)C1CSC(=N1)[C@@H](OCCN1CCCC1)[C@H](NC(=O)[C@H]1[C@H](C)[C@@H]1C)C(=O)N1CCC[C@H](N1)C(=O)OCC(C)(C)C2. The smallest absolute Gasteiger partial charge is 0.324 e. The van der Waals surface area contributed by atoms with Gasteiger partial charge in [0.15, 0.2) is 0 Å². The molecule has 2 N–H and O–H groups in total. The molecule has 6 bridgehead atoms. The first kappa shape index (κ1) is 42.9. The van der Waals surface area contributed by atoms with Crippen LogP contribution in [0.3, 0.4) is 0 Å². The second-order valence-corrected chi connectivity index (χ2v) is 19.3. The summed E-state index contributed by atoms with van der Waals surface area (Å²) in [6, 6.07) is 8.81. The Kier molecular flexibility index (Phi) is 12.8. The number of nitrogens with one attached hydrogen (secondary N) is 2. The first-order chi connectivity index (χ1) is 28.9. The average Bonchev–Trinajstić information content (AvgIpc) is 3.76. The molecule has 6 heterocycles. The molecule has 2 amide bonds. The van der Waals surface area contributed by atoms with Crippen LogP contribution in [-0.2, 0) is 41.6 Å². The number of carbonyl (C=O) groups is 3. The van der Waals surface area contributed by atoms with Gasteiger partial charge in [-0.1, -0.05) is 33.8 Å². The van der Waals surface area contributed by atoms with Crippen molar-refractivity contribution in [1.82, 2.24) is 30.2 Å². The maximum atomic E-state index is 14.8. The molecule has 1 unspecified atom stereocenters. The third-order valence-electron chi connectivity index (χ3n) is 13.5. The van der Waals surface area contributed by atoms with Crippen LogP contribution < -0.4 is 10.7 Å². The first-order valence-corrected chi connectivity index (χ1v) is 23.1. The van der Waals surface area contributed by atoms with Crippen LogP contribution in [0.5, 0.6) is 0 Å². The van der Waals surface area contributed by atoms with E-state index >= 15 is 0 Å². The van der Waals surface area contributed by atoms with Crippen molar-refractivity contribution >= 4 is 45.5 Å². The summed E-state index contributed by atoms with van der Waals surface area (Å²) in [6.45, 7) is 17.1. The number of ether oxygens (including phenoxy) is 3. The van der Waals surface area contributed by atoms with Gasteiger partial charge in [-0.05, 0) is 106 Å². The van der Waals surface area contributed by atoms with Crippen molar-refractivity contribution in [2.75, 3.05) is 52.3 Å². The van der Waals surface area contributed by atoms with E-state index in [0.29, 0.717) is 43.2 Å². The molecular weight excluding hydrogens is 779 g/mol. The molecule has 14 heteroatoms. The van der Waals surface area contributed by atoms with E-state index in [9.17, 15) is 14.4 Å². The third kappa shape index (κ3) is 8.64. The summed E-state index contributed by atoms with van der Waals surface area (Å²) in [6.07, 6.45) is 4.86. The molecule has 8 rings (SSSR count). The van der Waals surface area contributed by atoms with Crippen molar-refractivity contribution in [3.8, 4) is 11.3 Å². The molecule has 4 aliphatic heterocycles. The number of esters is 1. The highest BCUT2D eigenvalue weighted by Gasteiger charge is 2.50. The van der Waals surface area contributed by atoms with Crippen molar-refractivity contribution in [3.05, 3.63) is 53.3 Å². The molecular formula is C46H63N7O6S. The van der Waals surface area contributed by atoms with E-state index in [1.54, 1.807) is 18.9 Å². The van der Waals surface area contributed by atoms with Crippen molar-refractivity contribution in [2.24, 2.45) is 28.2 Å². The van der Waals surface area contributed by atoms with Gasteiger partial charge >= 0.3 is 5.97 Å². The standard InChI is InChI=1S/C46H63N7O6S/c1-8-52-36-16-15-30-23-32(36)33(40(52)31-13-11-17-47-38(31)29(4)57-7)24-46(5,6)26-59-45(56)34-14-12-20-53(50-34)44(55)39(49-42(54)37-27(2)28(37)3)41(43-48-35(30)25-60-43)58-22-21-51-18-9-10-19-51/h11,13,15-17,23,27-29,34-35,37,39,41,50H,8-10,12,14,18-22,24-26H2,1-7H3,(H,49,54)/t27-,28+,29-,34-,35?,37+,39-,41-/m0/s1. The molecule has 8 atom stereocenters. The average molecular weight is 842 g/mol. The fourth-order valence-electron chi connectivity index (χ4n) is 9.70. The number of thioether (sulfide) groups is 1. The Morgan fingerprint density at radius 1 is 1.12 bits per heavy atom. The van der Waals surface area contributed by atoms with E-state index in [1.165, 1.54) is 5.01 Å². The molecule has 13 nitrogen and oxygen atoms in total. The second-order valence-electron chi connectivity index (χ2n) is 18.3. The number of nitrogens with zero attached hydrogens (tertiary/aromatic N) is 5. The zero-order valence-corrected chi connectivity index (χ0v) is 37.2. The largest absolute Gasteiger partial charge is 0.464 e. The van der Waals surface area contributed by atoms with Crippen LogP contribution in [0.25, 0.3) is 22.2 Å². The molecule has 1 aliphatic carbocycles. The minimum atomic E-state index is -1.04. The lowest BCUT2D eigenvalue weighted by atomic mass is 9.84. The van der Waals surface area contributed by atoms with Crippen LogP contribution in [0.4, 0.5) is 0 Å². The number of carbonyl (C=O) groups excluding carboxylic acids is 3. The Labute approximate surface area is 358 Å². The van der Waals surface area contributed by atoms with Crippen LogP contribution in [-0.4, -0.2) is 113 Å². The number of cyclic esters (lactones) is 1. The maximum Gasteiger partial charge on any atom is 0.324 e. The molecule has 324 valence electrons. The highest BCUT2D eigenvalue weighted by molar-refractivity contribution is 8.14. The Hall–Kier alpha value is -3.82. The number of aromatic nitrogens is 2. The summed E-state index contributed by atoms with van der Waals surface area (Å²) >= 11 is 1.60. The first-order valence-electron chi connectivity index (χ1n) is 22.1. The van der Waals surface area contributed by atoms with Gasteiger partial charge in [0.05, 0.1) is 36.7 Å². The second kappa shape index (κ2) is 17.9. The van der Waals surface area contributed by atoms with Crippen molar-refractivity contribution < 1.29 is 28.6 Å². The lowest BCUT2D eigenvalue weighted by Gasteiger charge is -2.37. The van der Waals surface area contributed by atoms with Crippen LogP contribution in [0.15, 0.2) is 41.5 Å². The number of aliphatic imine (C=N–C) groups is 1. The number of benzene rings is 1. The fourth-order valence-corrected chi connectivity index (χ4v) is 10.9. The van der Waals surface area contributed by atoms with Crippen LogP contribution in [0.2, 0.25) is 0 Å².